The van der Waals surface area contributed by atoms with Gasteiger partial charge in [-0.3, -0.25) is 4.79 Å². The Balaban J connectivity index is 2.81. The molecule has 0 saturated heterocycles. The number of hydrogen-bond acceptors (Lipinski definition) is 2. The zero-order chi connectivity index (χ0) is 15.3. The minimum Gasteiger partial charge on any atom is -0.480 e. The number of nitrogens with zero attached hydrogens (tertiary/aromatic N) is 1. The first-order valence-electron chi connectivity index (χ1n) is 6.01. The summed E-state index contributed by atoms with van der Waals surface area (Å²) in [5.74, 6) is -0.909. The van der Waals surface area contributed by atoms with Gasteiger partial charge in [-0.2, -0.15) is 0 Å². The van der Waals surface area contributed by atoms with E-state index in [0.717, 1.165) is 0 Å². The first kappa shape index (κ1) is 16.6. The molecule has 1 aromatic carbocycles. The van der Waals surface area contributed by atoms with E-state index >= 15 is 0 Å². The monoisotopic (exact) mass is 318 g/mol. The van der Waals surface area contributed by atoms with Crippen molar-refractivity contribution in [1.29, 1.82) is 0 Å². The van der Waals surface area contributed by atoms with Crippen LogP contribution in [-0.2, 0) is 4.79 Å². The van der Waals surface area contributed by atoms with Crippen molar-refractivity contribution in [3.8, 4) is 0 Å². The smallest absolute Gasteiger partial charge is 0.323 e. The average molecular weight is 319 g/mol. The lowest BCUT2D eigenvalue weighted by Crippen LogP contribution is -2.40. The van der Waals surface area contributed by atoms with Gasteiger partial charge in [0.25, 0.3) is 0 Å². The van der Waals surface area contributed by atoms with Crippen molar-refractivity contribution in [2.75, 3.05) is 18.4 Å². The number of carboxylic acids is 1. The molecule has 0 saturated carbocycles. The van der Waals surface area contributed by atoms with Crippen molar-refractivity contribution in [1.82, 2.24) is 4.90 Å². The molecule has 0 atom stereocenters. The number of carbonyl (C=O) groups excluding carboxylic acids is 1. The van der Waals surface area contributed by atoms with E-state index in [1.807, 2.05) is 13.8 Å². The van der Waals surface area contributed by atoms with Gasteiger partial charge in [-0.25, -0.2) is 4.79 Å². The highest BCUT2D eigenvalue weighted by Crippen LogP contribution is 2.22. The average Bonchev–Trinajstić information content (AvgIpc) is 2.24. The van der Waals surface area contributed by atoms with Gasteiger partial charge in [-0.1, -0.05) is 37.0 Å². The van der Waals surface area contributed by atoms with Gasteiger partial charge in [0.05, 0.1) is 0 Å². The zero-order valence-electron chi connectivity index (χ0n) is 11.2. The maximum absolute atomic E-state index is 12.1. The number of nitrogens with one attached hydrogen (secondary N) is 1. The first-order valence-corrected chi connectivity index (χ1v) is 6.77. The molecule has 0 aliphatic rings. The Bertz CT molecular complexity index is 486. The molecule has 0 aromatic heterocycles. The molecule has 0 fully saturated rings. The van der Waals surface area contributed by atoms with Crippen molar-refractivity contribution in [2.24, 2.45) is 5.92 Å². The van der Waals surface area contributed by atoms with E-state index in [-0.39, 0.29) is 12.5 Å². The van der Waals surface area contributed by atoms with Crippen LogP contribution in [0, 0.1) is 5.92 Å². The Labute approximate surface area is 127 Å². The summed E-state index contributed by atoms with van der Waals surface area (Å²) in [6.07, 6.45) is 0. The Hall–Kier alpha value is -1.46. The highest BCUT2D eigenvalue weighted by atomic mass is 35.5. The second kappa shape index (κ2) is 7.36. The molecule has 0 aliphatic carbocycles. The number of benzene rings is 1. The lowest BCUT2D eigenvalue weighted by molar-refractivity contribution is -0.137. The largest absolute Gasteiger partial charge is 0.480 e. The van der Waals surface area contributed by atoms with Crippen LogP contribution in [0.15, 0.2) is 18.2 Å². The number of urea groups is 1. The number of carboxylic acid groups (broad SMARTS) is 1. The fourth-order valence-electron chi connectivity index (χ4n) is 1.65. The number of rotatable bonds is 5. The zero-order valence-corrected chi connectivity index (χ0v) is 12.7. The van der Waals surface area contributed by atoms with Gasteiger partial charge >= 0.3 is 12.0 Å². The predicted octanol–water partition coefficient (Wildman–Crippen LogP) is 3.57. The maximum atomic E-state index is 12.1. The molecule has 0 unspecified atom stereocenters. The number of aliphatic carboxylic acids is 1. The Morgan fingerprint density at radius 3 is 2.25 bits per heavy atom. The summed E-state index contributed by atoms with van der Waals surface area (Å²) in [7, 11) is 0. The lowest BCUT2D eigenvalue weighted by atomic mass is 10.2. The SMILES string of the molecule is CC(C)CN(CC(=O)O)C(=O)Nc1cc(Cl)cc(Cl)c1. The number of anilines is 1. The summed E-state index contributed by atoms with van der Waals surface area (Å²) in [4.78, 5) is 24.1. The van der Waals surface area contributed by atoms with E-state index in [0.29, 0.717) is 22.3 Å². The molecule has 0 bridgehead atoms. The Morgan fingerprint density at radius 1 is 1.25 bits per heavy atom. The molecule has 2 N–H and O–H groups in total. The van der Waals surface area contributed by atoms with E-state index < -0.39 is 12.0 Å². The molecule has 2 amide bonds. The molecule has 7 heteroatoms. The van der Waals surface area contributed by atoms with Gasteiger partial charge in [0.1, 0.15) is 6.54 Å². The number of carbonyl (C=O) groups is 2. The van der Waals surface area contributed by atoms with Crippen LogP contribution in [0.3, 0.4) is 0 Å². The molecule has 0 radical (unpaired) electrons. The second-order valence-electron chi connectivity index (χ2n) is 4.76. The first-order chi connectivity index (χ1) is 9.27. The van der Waals surface area contributed by atoms with E-state index in [1.54, 1.807) is 18.2 Å². The van der Waals surface area contributed by atoms with E-state index in [2.05, 4.69) is 5.32 Å². The molecular weight excluding hydrogens is 303 g/mol. The minimum atomic E-state index is -1.06. The summed E-state index contributed by atoms with van der Waals surface area (Å²) in [6.45, 7) is 3.78. The van der Waals surface area contributed by atoms with Gasteiger partial charge in [0, 0.05) is 22.3 Å². The third kappa shape index (κ3) is 5.67. The minimum absolute atomic E-state index is 0.156. The van der Waals surface area contributed by atoms with Crippen LogP contribution in [0.5, 0.6) is 0 Å². The van der Waals surface area contributed by atoms with E-state index in [4.69, 9.17) is 28.3 Å². The van der Waals surface area contributed by atoms with Crippen LogP contribution in [0.4, 0.5) is 10.5 Å². The van der Waals surface area contributed by atoms with Gasteiger partial charge in [0.2, 0.25) is 0 Å². The third-order valence-corrected chi connectivity index (χ3v) is 2.75. The quantitative estimate of drug-likeness (QED) is 0.872. The molecule has 110 valence electrons. The number of halogens is 2. The fourth-order valence-corrected chi connectivity index (χ4v) is 2.18. The number of hydrogen-bond donors (Lipinski definition) is 2. The standard InChI is InChI=1S/C13H16Cl2N2O3/c1-8(2)6-17(7-12(18)19)13(20)16-11-4-9(14)3-10(15)5-11/h3-5,8H,6-7H2,1-2H3,(H,16,20)(H,18,19). The molecule has 0 aliphatic heterocycles. The Morgan fingerprint density at radius 2 is 1.80 bits per heavy atom. The molecular formula is C13H16Cl2N2O3. The summed E-state index contributed by atoms with van der Waals surface area (Å²) in [6, 6.07) is 4.13. The predicted molar refractivity (Wildman–Crippen MR) is 79.5 cm³/mol. The van der Waals surface area contributed by atoms with Gasteiger partial charge in [-0.15, -0.1) is 0 Å². The molecule has 5 nitrogen and oxygen atoms in total. The van der Waals surface area contributed by atoms with Crippen LogP contribution in [0.2, 0.25) is 10.0 Å². The van der Waals surface area contributed by atoms with Crippen molar-refractivity contribution in [2.45, 2.75) is 13.8 Å². The van der Waals surface area contributed by atoms with Crippen molar-refractivity contribution >= 4 is 40.9 Å². The maximum Gasteiger partial charge on any atom is 0.323 e. The molecule has 20 heavy (non-hydrogen) atoms. The summed E-state index contributed by atoms with van der Waals surface area (Å²) in [5.41, 5.74) is 0.423. The van der Waals surface area contributed by atoms with E-state index in [1.165, 1.54) is 4.90 Å². The summed E-state index contributed by atoms with van der Waals surface area (Å²) < 4.78 is 0. The number of amides is 2. The van der Waals surface area contributed by atoms with Crippen LogP contribution in [0.1, 0.15) is 13.8 Å². The van der Waals surface area contributed by atoms with Crippen molar-refractivity contribution < 1.29 is 14.7 Å². The molecule has 0 heterocycles. The summed E-state index contributed by atoms with van der Waals surface area (Å²) >= 11 is 11.7. The van der Waals surface area contributed by atoms with Gasteiger partial charge in [-0.05, 0) is 24.1 Å². The molecule has 1 rings (SSSR count). The van der Waals surface area contributed by atoms with Gasteiger partial charge < -0.3 is 15.3 Å². The second-order valence-corrected chi connectivity index (χ2v) is 5.63. The normalized spacial score (nSPS) is 10.4. The molecule has 0 spiro atoms. The summed E-state index contributed by atoms with van der Waals surface area (Å²) in [5, 5.41) is 12.2. The topological polar surface area (TPSA) is 69.6 Å². The third-order valence-electron chi connectivity index (χ3n) is 2.31. The van der Waals surface area contributed by atoms with Crippen LogP contribution >= 0.6 is 23.2 Å². The fraction of sp³-hybridized carbons (Fsp3) is 0.385. The van der Waals surface area contributed by atoms with Crippen LogP contribution < -0.4 is 5.32 Å². The molecule has 1 aromatic rings. The lowest BCUT2D eigenvalue weighted by Gasteiger charge is -2.23. The van der Waals surface area contributed by atoms with Gasteiger partial charge in [0.15, 0.2) is 0 Å². The highest BCUT2D eigenvalue weighted by Gasteiger charge is 2.18. The van der Waals surface area contributed by atoms with Crippen LogP contribution in [0.25, 0.3) is 0 Å². The van der Waals surface area contributed by atoms with Crippen molar-refractivity contribution in [3.05, 3.63) is 28.2 Å². The highest BCUT2D eigenvalue weighted by molar-refractivity contribution is 6.35. The van der Waals surface area contributed by atoms with Crippen molar-refractivity contribution in [3.63, 3.8) is 0 Å². The van der Waals surface area contributed by atoms with Crippen LogP contribution in [-0.4, -0.2) is 35.1 Å². The van der Waals surface area contributed by atoms with E-state index in [9.17, 15) is 9.59 Å². The Kier molecular flexibility index (Phi) is 6.10.